The second-order valence-electron chi connectivity index (χ2n) is 9.97. The Balaban J connectivity index is 1.68. The van der Waals surface area contributed by atoms with E-state index >= 15 is 0 Å². The SMILES string of the molecule is CCCOc1ccc([C@H](C(=O)NC2CCC(C)CC2)N(Cc2ccc3c(c2)OCO3)C(=O)CCl)cc1OC. The van der Waals surface area contributed by atoms with Gasteiger partial charge in [-0.2, -0.15) is 0 Å². The van der Waals surface area contributed by atoms with Crippen LogP contribution in [-0.4, -0.2) is 49.1 Å². The largest absolute Gasteiger partial charge is 0.493 e. The zero-order valence-corrected chi connectivity index (χ0v) is 23.1. The molecule has 0 spiro atoms. The number of nitrogens with zero attached hydrogens (tertiary/aromatic N) is 1. The van der Waals surface area contributed by atoms with Gasteiger partial charge in [0.15, 0.2) is 23.0 Å². The van der Waals surface area contributed by atoms with Crippen LogP contribution in [0.1, 0.15) is 63.1 Å². The molecular weight excluding hydrogens is 508 g/mol. The number of carbonyl (C=O) groups is 2. The van der Waals surface area contributed by atoms with Gasteiger partial charge in [0, 0.05) is 12.6 Å². The molecule has 206 valence electrons. The summed E-state index contributed by atoms with van der Waals surface area (Å²) in [5, 5.41) is 3.22. The van der Waals surface area contributed by atoms with E-state index in [4.69, 9.17) is 30.5 Å². The zero-order chi connectivity index (χ0) is 27.1. The van der Waals surface area contributed by atoms with Crippen LogP contribution < -0.4 is 24.3 Å². The summed E-state index contributed by atoms with van der Waals surface area (Å²) in [4.78, 5) is 28.7. The van der Waals surface area contributed by atoms with Gasteiger partial charge in [0.25, 0.3) is 0 Å². The molecule has 2 aliphatic rings. The summed E-state index contributed by atoms with van der Waals surface area (Å²) >= 11 is 6.08. The van der Waals surface area contributed by atoms with Crippen LogP contribution in [0.3, 0.4) is 0 Å². The lowest BCUT2D eigenvalue weighted by Gasteiger charge is -2.34. The van der Waals surface area contributed by atoms with Gasteiger partial charge >= 0.3 is 0 Å². The average molecular weight is 545 g/mol. The molecule has 1 aliphatic carbocycles. The Morgan fingerprint density at radius 2 is 1.84 bits per heavy atom. The molecule has 0 unspecified atom stereocenters. The molecule has 38 heavy (non-hydrogen) atoms. The van der Waals surface area contributed by atoms with Crippen LogP contribution >= 0.6 is 11.6 Å². The molecule has 2 aromatic rings. The summed E-state index contributed by atoms with van der Waals surface area (Å²) in [6.07, 6.45) is 4.81. The molecule has 0 aromatic heterocycles. The predicted molar refractivity (Wildman–Crippen MR) is 145 cm³/mol. The molecule has 1 aliphatic heterocycles. The van der Waals surface area contributed by atoms with Crippen molar-refractivity contribution < 1.29 is 28.5 Å². The Morgan fingerprint density at radius 1 is 1.08 bits per heavy atom. The van der Waals surface area contributed by atoms with E-state index in [2.05, 4.69) is 12.2 Å². The van der Waals surface area contributed by atoms with Crippen molar-refractivity contribution in [3.63, 3.8) is 0 Å². The van der Waals surface area contributed by atoms with Crippen LogP contribution in [0.4, 0.5) is 0 Å². The minimum absolute atomic E-state index is 0.0637. The lowest BCUT2D eigenvalue weighted by atomic mass is 9.87. The second-order valence-corrected chi connectivity index (χ2v) is 10.2. The number of fused-ring (bicyclic) bond motifs is 1. The maximum Gasteiger partial charge on any atom is 0.247 e. The Labute approximate surface area is 229 Å². The Morgan fingerprint density at radius 3 is 2.55 bits per heavy atom. The lowest BCUT2D eigenvalue weighted by Crippen LogP contribution is -2.47. The van der Waals surface area contributed by atoms with E-state index in [1.807, 2.05) is 31.2 Å². The van der Waals surface area contributed by atoms with E-state index in [0.29, 0.717) is 41.1 Å². The maximum atomic E-state index is 13.9. The molecule has 2 amide bonds. The molecule has 9 heteroatoms. The van der Waals surface area contributed by atoms with Gasteiger partial charge < -0.3 is 29.2 Å². The molecular formula is C29H37ClN2O6. The first-order valence-electron chi connectivity index (χ1n) is 13.3. The maximum absolute atomic E-state index is 13.9. The summed E-state index contributed by atoms with van der Waals surface area (Å²) in [6.45, 7) is 5.13. The highest BCUT2D eigenvalue weighted by molar-refractivity contribution is 6.27. The normalized spacial score (nSPS) is 18.9. The molecule has 1 atom stereocenters. The van der Waals surface area contributed by atoms with E-state index in [1.54, 1.807) is 19.2 Å². The van der Waals surface area contributed by atoms with Crippen LogP contribution in [-0.2, 0) is 16.1 Å². The number of amides is 2. The standard InChI is InChI=1S/C29H37ClN2O6/c1-4-13-36-23-12-8-21(15-25(23)35-3)28(29(34)31-22-9-5-19(2)6-10-22)32(27(33)16-30)17-20-7-11-24-26(14-20)38-18-37-24/h7-8,11-12,14-15,19,22,28H,4-6,9-10,13,16-18H2,1-3H3,(H,31,34)/t19?,22?,28-/m1/s1. The first kappa shape index (κ1) is 27.9. The Hall–Kier alpha value is -3.13. The molecule has 1 saturated carbocycles. The third-order valence-electron chi connectivity index (χ3n) is 7.11. The van der Waals surface area contributed by atoms with Gasteiger partial charge in [-0.05, 0) is 73.4 Å². The lowest BCUT2D eigenvalue weighted by molar-refractivity contribution is -0.140. The number of nitrogens with one attached hydrogen (secondary N) is 1. The molecule has 1 fully saturated rings. The highest BCUT2D eigenvalue weighted by atomic mass is 35.5. The third kappa shape index (κ3) is 6.65. The summed E-state index contributed by atoms with van der Waals surface area (Å²) in [6, 6.07) is 10.0. The van der Waals surface area contributed by atoms with E-state index in [-0.39, 0.29) is 37.1 Å². The number of halogens is 1. The van der Waals surface area contributed by atoms with Crippen LogP contribution in [0, 0.1) is 5.92 Å². The van der Waals surface area contributed by atoms with Gasteiger partial charge in [-0.15, -0.1) is 11.6 Å². The van der Waals surface area contributed by atoms with Crippen molar-refractivity contribution in [2.75, 3.05) is 26.4 Å². The van der Waals surface area contributed by atoms with Gasteiger partial charge in [0.2, 0.25) is 18.6 Å². The highest BCUT2D eigenvalue weighted by Crippen LogP contribution is 2.36. The minimum Gasteiger partial charge on any atom is -0.493 e. The summed E-state index contributed by atoms with van der Waals surface area (Å²) in [5.41, 5.74) is 1.42. The van der Waals surface area contributed by atoms with Crippen molar-refractivity contribution in [3.8, 4) is 23.0 Å². The molecule has 8 nitrogen and oxygen atoms in total. The quantitative estimate of drug-likeness (QED) is 0.390. The molecule has 0 saturated heterocycles. The first-order chi connectivity index (χ1) is 18.4. The Kier molecular flexibility index (Phi) is 9.61. The number of benzene rings is 2. The zero-order valence-electron chi connectivity index (χ0n) is 22.3. The van der Waals surface area contributed by atoms with Gasteiger partial charge in [-0.1, -0.05) is 26.0 Å². The molecule has 1 N–H and O–H groups in total. The topological polar surface area (TPSA) is 86.3 Å². The van der Waals surface area contributed by atoms with Crippen molar-refractivity contribution in [1.29, 1.82) is 0 Å². The Bertz CT molecular complexity index is 1120. The number of ether oxygens (including phenoxy) is 4. The number of alkyl halides is 1. The predicted octanol–water partition coefficient (Wildman–Crippen LogP) is 5.22. The van der Waals surface area contributed by atoms with Gasteiger partial charge in [0.05, 0.1) is 13.7 Å². The van der Waals surface area contributed by atoms with Crippen molar-refractivity contribution in [2.24, 2.45) is 5.92 Å². The van der Waals surface area contributed by atoms with E-state index in [9.17, 15) is 9.59 Å². The molecule has 0 radical (unpaired) electrons. The fourth-order valence-corrected chi connectivity index (χ4v) is 5.13. The molecule has 4 rings (SSSR count). The van der Waals surface area contributed by atoms with Gasteiger partial charge in [-0.3, -0.25) is 9.59 Å². The van der Waals surface area contributed by atoms with E-state index < -0.39 is 6.04 Å². The molecule has 2 aromatic carbocycles. The summed E-state index contributed by atoms with van der Waals surface area (Å²) in [5.74, 6) is 2.14. The monoisotopic (exact) mass is 544 g/mol. The number of methoxy groups -OCH3 is 1. The van der Waals surface area contributed by atoms with Crippen molar-refractivity contribution in [3.05, 3.63) is 47.5 Å². The first-order valence-corrected chi connectivity index (χ1v) is 13.8. The van der Waals surface area contributed by atoms with Gasteiger partial charge in [0.1, 0.15) is 11.9 Å². The van der Waals surface area contributed by atoms with E-state index in [1.165, 1.54) is 4.90 Å². The number of hydrogen-bond donors (Lipinski definition) is 1. The average Bonchev–Trinajstić information content (AvgIpc) is 3.40. The fraction of sp³-hybridized carbons (Fsp3) is 0.517. The number of carbonyl (C=O) groups excluding carboxylic acids is 2. The second kappa shape index (κ2) is 13.1. The van der Waals surface area contributed by atoms with Crippen LogP contribution in [0.5, 0.6) is 23.0 Å². The summed E-state index contributed by atoms with van der Waals surface area (Å²) in [7, 11) is 1.56. The number of rotatable bonds is 11. The minimum atomic E-state index is -0.917. The fourth-order valence-electron chi connectivity index (χ4n) is 4.98. The van der Waals surface area contributed by atoms with Crippen LogP contribution in [0.25, 0.3) is 0 Å². The summed E-state index contributed by atoms with van der Waals surface area (Å²) < 4.78 is 22.4. The van der Waals surface area contributed by atoms with Gasteiger partial charge in [-0.25, -0.2) is 0 Å². The van der Waals surface area contributed by atoms with Crippen LogP contribution in [0.2, 0.25) is 0 Å². The van der Waals surface area contributed by atoms with Crippen LogP contribution in [0.15, 0.2) is 36.4 Å². The van der Waals surface area contributed by atoms with Crippen molar-refractivity contribution in [1.82, 2.24) is 10.2 Å². The van der Waals surface area contributed by atoms with Crippen molar-refractivity contribution >= 4 is 23.4 Å². The molecule has 1 heterocycles. The highest BCUT2D eigenvalue weighted by Gasteiger charge is 2.34. The third-order valence-corrected chi connectivity index (χ3v) is 7.34. The molecule has 0 bridgehead atoms. The van der Waals surface area contributed by atoms with E-state index in [0.717, 1.165) is 37.7 Å². The smallest absolute Gasteiger partial charge is 0.247 e. The number of hydrogen-bond acceptors (Lipinski definition) is 6. The van der Waals surface area contributed by atoms with Crippen molar-refractivity contribution in [2.45, 2.75) is 64.6 Å².